The summed E-state index contributed by atoms with van der Waals surface area (Å²) in [6.07, 6.45) is 1.79. The lowest BCUT2D eigenvalue weighted by atomic mass is 9.98. The zero-order chi connectivity index (χ0) is 15.6. The third kappa shape index (κ3) is 3.05. The number of hydrogen-bond donors (Lipinski definition) is 2. The summed E-state index contributed by atoms with van der Waals surface area (Å²) in [6.45, 7) is 8.71. The summed E-state index contributed by atoms with van der Waals surface area (Å²) in [5.41, 5.74) is 0.279. The molecule has 6 nitrogen and oxygen atoms in total. The van der Waals surface area contributed by atoms with Gasteiger partial charge in [-0.25, -0.2) is 4.98 Å². The van der Waals surface area contributed by atoms with Gasteiger partial charge in [-0.1, -0.05) is 13.0 Å². The van der Waals surface area contributed by atoms with E-state index >= 15 is 0 Å². The number of amides is 2. The fourth-order valence-corrected chi connectivity index (χ4v) is 2.39. The van der Waals surface area contributed by atoms with Crippen LogP contribution in [0, 0.1) is 0 Å². The van der Waals surface area contributed by atoms with E-state index < -0.39 is 5.54 Å². The van der Waals surface area contributed by atoms with Crippen molar-refractivity contribution >= 4 is 17.6 Å². The molecule has 1 saturated heterocycles. The van der Waals surface area contributed by atoms with E-state index in [0.717, 1.165) is 12.1 Å². The first kappa shape index (κ1) is 15.4. The van der Waals surface area contributed by atoms with Gasteiger partial charge in [0.05, 0.1) is 6.54 Å². The number of carbonyl (C=O) groups is 2. The number of nitrogens with one attached hydrogen (secondary N) is 2. The highest BCUT2D eigenvalue weighted by Gasteiger charge is 2.41. The van der Waals surface area contributed by atoms with Crippen LogP contribution in [0.25, 0.3) is 0 Å². The number of rotatable bonds is 4. The Morgan fingerprint density at radius 1 is 1.43 bits per heavy atom. The second kappa shape index (κ2) is 5.81. The molecular weight excluding hydrogens is 268 g/mol. The van der Waals surface area contributed by atoms with Crippen LogP contribution in [-0.4, -0.2) is 35.4 Å². The molecule has 0 saturated carbocycles. The highest BCUT2D eigenvalue weighted by Crippen LogP contribution is 2.25. The highest BCUT2D eigenvalue weighted by molar-refractivity contribution is 6.06. The van der Waals surface area contributed by atoms with Gasteiger partial charge in [0.25, 0.3) is 5.91 Å². The molecule has 1 aromatic heterocycles. The van der Waals surface area contributed by atoms with Crippen LogP contribution in [0.2, 0.25) is 0 Å². The van der Waals surface area contributed by atoms with Gasteiger partial charge in [-0.2, -0.15) is 0 Å². The molecule has 1 aliphatic rings. The molecule has 0 spiro atoms. The summed E-state index contributed by atoms with van der Waals surface area (Å²) in [4.78, 5) is 29.7. The molecule has 2 N–H and O–H groups in total. The minimum absolute atomic E-state index is 0.133. The molecule has 1 unspecified atom stereocenters. The van der Waals surface area contributed by atoms with Gasteiger partial charge in [0.1, 0.15) is 11.4 Å². The van der Waals surface area contributed by atoms with Crippen LogP contribution in [0.5, 0.6) is 0 Å². The lowest BCUT2D eigenvalue weighted by Crippen LogP contribution is -2.64. The molecule has 0 radical (unpaired) electrons. The van der Waals surface area contributed by atoms with Crippen LogP contribution in [0.4, 0.5) is 5.82 Å². The van der Waals surface area contributed by atoms with E-state index in [-0.39, 0.29) is 24.4 Å². The second-order valence-corrected chi connectivity index (χ2v) is 5.75. The minimum Gasteiger partial charge on any atom is -0.333 e. The molecule has 6 heteroatoms. The Kier molecular flexibility index (Phi) is 4.27. The molecule has 0 aliphatic carbocycles. The molecule has 1 atom stereocenters. The van der Waals surface area contributed by atoms with Gasteiger partial charge >= 0.3 is 0 Å². The average Bonchev–Trinajstić information content (AvgIpc) is 2.44. The van der Waals surface area contributed by atoms with Gasteiger partial charge in [0, 0.05) is 12.2 Å². The molecule has 2 amide bonds. The van der Waals surface area contributed by atoms with E-state index in [1.165, 1.54) is 0 Å². The van der Waals surface area contributed by atoms with E-state index in [1.807, 2.05) is 12.1 Å². The number of nitrogens with zero attached hydrogens (tertiary/aromatic N) is 2. The van der Waals surface area contributed by atoms with Crippen molar-refractivity contribution in [2.75, 3.05) is 18.0 Å². The third-order valence-corrected chi connectivity index (χ3v) is 3.84. The van der Waals surface area contributed by atoms with Crippen LogP contribution in [0.1, 0.15) is 39.3 Å². The zero-order valence-electron chi connectivity index (χ0n) is 12.9. The quantitative estimate of drug-likeness (QED) is 0.809. The van der Waals surface area contributed by atoms with Gasteiger partial charge in [-0.15, -0.1) is 0 Å². The summed E-state index contributed by atoms with van der Waals surface area (Å²) in [7, 11) is 0. The van der Waals surface area contributed by atoms with Crippen LogP contribution < -0.4 is 15.5 Å². The molecule has 114 valence electrons. The topological polar surface area (TPSA) is 74.3 Å². The van der Waals surface area contributed by atoms with Crippen LogP contribution >= 0.6 is 0 Å². The van der Waals surface area contributed by atoms with E-state index in [9.17, 15) is 9.59 Å². The number of imide groups is 1. The molecule has 0 bridgehead atoms. The summed E-state index contributed by atoms with van der Waals surface area (Å²) in [5.74, 6) is 0.0347. The van der Waals surface area contributed by atoms with E-state index in [1.54, 1.807) is 24.9 Å². The summed E-state index contributed by atoms with van der Waals surface area (Å²) in [5, 5.41) is 5.68. The van der Waals surface area contributed by atoms with Crippen molar-refractivity contribution in [3.8, 4) is 0 Å². The summed E-state index contributed by atoms with van der Waals surface area (Å²) >= 11 is 0. The summed E-state index contributed by atoms with van der Waals surface area (Å²) < 4.78 is 0. The number of aromatic nitrogens is 1. The SMILES string of the molecule is CCNC(C)c1ccc(N2CC(=O)NC(=O)C2(C)C)nc1. The van der Waals surface area contributed by atoms with Crippen molar-refractivity contribution in [1.29, 1.82) is 0 Å². The Hall–Kier alpha value is -1.95. The maximum atomic E-state index is 12.0. The first-order valence-electron chi connectivity index (χ1n) is 7.17. The van der Waals surface area contributed by atoms with Crippen molar-refractivity contribution < 1.29 is 9.59 Å². The number of piperazine rings is 1. The Morgan fingerprint density at radius 3 is 2.71 bits per heavy atom. The van der Waals surface area contributed by atoms with Crippen LogP contribution in [0.3, 0.4) is 0 Å². The van der Waals surface area contributed by atoms with E-state index in [0.29, 0.717) is 5.82 Å². The average molecular weight is 290 g/mol. The van der Waals surface area contributed by atoms with Crippen molar-refractivity contribution in [3.63, 3.8) is 0 Å². The standard InChI is InChI=1S/C15H22N4O2/c1-5-16-10(2)11-6-7-12(17-8-11)19-9-13(20)18-14(21)15(19,3)4/h6-8,10,16H,5,9H2,1-4H3,(H,18,20,21). The molecular formula is C15H22N4O2. The predicted octanol–water partition coefficient (Wildman–Crippen LogP) is 0.993. The molecule has 1 aliphatic heterocycles. The Labute approximate surface area is 124 Å². The fraction of sp³-hybridized carbons (Fsp3) is 0.533. The van der Waals surface area contributed by atoms with Gasteiger partial charge in [-0.05, 0) is 38.9 Å². The monoisotopic (exact) mass is 290 g/mol. The Bertz CT molecular complexity index is 539. The van der Waals surface area contributed by atoms with Gasteiger partial charge in [-0.3, -0.25) is 14.9 Å². The van der Waals surface area contributed by atoms with Gasteiger partial charge in [0.2, 0.25) is 5.91 Å². The molecule has 0 aromatic carbocycles. The van der Waals surface area contributed by atoms with Crippen molar-refractivity contribution in [2.45, 2.75) is 39.3 Å². The number of anilines is 1. The number of carbonyl (C=O) groups excluding carboxylic acids is 2. The molecule has 2 heterocycles. The molecule has 1 aromatic rings. The van der Waals surface area contributed by atoms with Gasteiger partial charge < -0.3 is 10.2 Å². The minimum atomic E-state index is -0.796. The van der Waals surface area contributed by atoms with Crippen LogP contribution in [0.15, 0.2) is 18.3 Å². The lowest BCUT2D eigenvalue weighted by molar-refractivity contribution is -0.135. The number of hydrogen-bond acceptors (Lipinski definition) is 5. The number of pyridine rings is 1. The van der Waals surface area contributed by atoms with Crippen molar-refractivity contribution in [3.05, 3.63) is 23.9 Å². The first-order chi connectivity index (χ1) is 9.86. The van der Waals surface area contributed by atoms with Crippen molar-refractivity contribution in [2.24, 2.45) is 0 Å². The van der Waals surface area contributed by atoms with Crippen molar-refractivity contribution in [1.82, 2.24) is 15.6 Å². The van der Waals surface area contributed by atoms with Gasteiger partial charge in [0.15, 0.2) is 0 Å². The maximum Gasteiger partial charge on any atom is 0.251 e. The van der Waals surface area contributed by atoms with E-state index in [4.69, 9.17) is 0 Å². The predicted molar refractivity (Wildman–Crippen MR) is 80.9 cm³/mol. The summed E-state index contributed by atoms with van der Waals surface area (Å²) in [6, 6.07) is 4.05. The maximum absolute atomic E-state index is 12.0. The Morgan fingerprint density at radius 2 is 2.14 bits per heavy atom. The third-order valence-electron chi connectivity index (χ3n) is 3.84. The zero-order valence-corrected chi connectivity index (χ0v) is 12.9. The molecule has 21 heavy (non-hydrogen) atoms. The Balaban J connectivity index is 2.24. The molecule has 1 fully saturated rings. The smallest absolute Gasteiger partial charge is 0.251 e. The largest absolute Gasteiger partial charge is 0.333 e. The normalized spacial score (nSPS) is 19.3. The highest BCUT2D eigenvalue weighted by atomic mass is 16.2. The van der Waals surface area contributed by atoms with E-state index in [2.05, 4.69) is 29.5 Å². The molecule has 2 rings (SSSR count). The second-order valence-electron chi connectivity index (χ2n) is 5.75. The fourth-order valence-electron chi connectivity index (χ4n) is 2.39. The lowest BCUT2D eigenvalue weighted by Gasteiger charge is -2.40. The van der Waals surface area contributed by atoms with Crippen LogP contribution in [-0.2, 0) is 9.59 Å². The first-order valence-corrected chi connectivity index (χ1v) is 7.17.